The van der Waals surface area contributed by atoms with Crippen molar-refractivity contribution in [2.45, 2.75) is 33.1 Å². The Kier molecular flexibility index (Phi) is 4.35. The smallest absolute Gasteiger partial charge is 0.259 e. The molecule has 1 N–H and O–H groups in total. The van der Waals surface area contributed by atoms with E-state index in [1.165, 1.54) is 11.9 Å². The van der Waals surface area contributed by atoms with E-state index >= 15 is 0 Å². The Bertz CT molecular complexity index is 876. The number of nitrogens with zero attached hydrogens (tertiary/aromatic N) is 4. The lowest BCUT2D eigenvalue weighted by atomic mass is 9.89. The molecule has 0 radical (unpaired) electrons. The Morgan fingerprint density at radius 3 is 2.32 bits per heavy atom. The molecule has 0 spiro atoms. The zero-order valence-corrected chi connectivity index (χ0v) is 14.8. The van der Waals surface area contributed by atoms with Gasteiger partial charge >= 0.3 is 0 Å². The average molecular weight is 335 g/mol. The highest BCUT2D eigenvalue weighted by Gasteiger charge is 2.26. The van der Waals surface area contributed by atoms with Gasteiger partial charge in [-0.25, -0.2) is 14.6 Å². The number of carbonyl (C=O) groups is 1. The quantitative estimate of drug-likeness (QED) is 0.795. The van der Waals surface area contributed by atoms with Gasteiger partial charge in [-0.1, -0.05) is 38.5 Å². The van der Waals surface area contributed by atoms with Gasteiger partial charge in [-0.05, 0) is 19.1 Å². The number of aromatic nitrogens is 4. The summed E-state index contributed by atoms with van der Waals surface area (Å²) in [5.41, 5.74) is 3.65. The van der Waals surface area contributed by atoms with Gasteiger partial charge in [0, 0.05) is 11.6 Å². The SMILES string of the molecule is Cc1ccc(-n2cc(C(=O)Nc3cncnc3)c(C(C)(C)C)n2)cc1. The second-order valence-electron chi connectivity index (χ2n) is 7.00. The molecule has 3 rings (SSSR count). The highest BCUT2D eigenvalue weighted by Crippen LogP contribution is 2.26. The molecule has 0 aliphatic rings. The Morgan fingerprint density at radius 1 is 1.08 bits per heavy atom. The highest BCUT2D eigenvalue weighted by atomic mass is 16.1. The summed E-state index contributed by atoms with van der Waals surface area (Å²) >= 11 is 0. The van der Waals surface area contributed by atoms with E-state index in [2.05, 4.69) is 20.4 Å². The minimum absolute atomic E-state index is 0.224. The van der Waals surface area contributed by atoms with Crippen LogP contribution in [0.1, 0.15) is 42.4 Å². The van der Waals surface area contributed by atoms with Gasteiger partial charge in [0.1, 0.15) is 6.33 Å². The minimum Gasteiger partial charge on any atom is -0.319 e. The van der Waals surface area contributed by atoms with E-state index in [9.17, 15) is 4.79 Å². The number of rotatable bonds is 3. The van der Waals surface area contributed by atoms with E-state index in [0.29, 0.717) is 11.3 Å². The van der Waals surface area contributed by atoms with E-state index in [1.807, 2.05) is 52.0 Å². The molecular weight excluding hydrogens is 314 g/mol. The molecule has 0 atom stereocenters. The van der Waals surface area contributed by atoms with Crippen LogP contribution in [0.5, 0.6) is 0 Å². The van der Waals surface area contributed by atoms with E-state index in [0.717, 1.165) is 11.4 Å². The number of hydrogen-bond donors (Lipinski definition) is 1. The number of nitrogens with one attached hydrogen (secondary N) is 1. The highest BCUT2D eigenvalue weighted by molar-refractivity contribution is 6.05. The third-order valence-electron chi connectivity index (χ3n) is 3.79. The average Bonchev–Trinajstić information content (AvgIpc) is 3.02. The maximum Gasteiger partial charge on any atom is 0.259 e. The summed E-state index contributed by atoms with van der Waals surface area (Å²) in [6.45, 7) is 8.15. The molecule has 128 valence electrons. The molecule has 2 aromatic heterocycles. The predicted octanol–water partition coefficient (Wildman–Crippen LogP) is 3.52. The van der Waals surface area contributed by atoms with Crippen molar-refractivity contribution in [2.75, 3.05) is 5.32 Å². The number of amides is 1. The first-order valence-corrected chi connectivity index (χ1v) is 8.08. The first-order valence-electron chi connectivity index (χ1n) is 8.08. The van der Waals surface area contributed by atoms with Gasteiger partial charge in [-0.15, -0.1) is 0 Å². The van der Waals surface area contributed by atoms with Gasteiger partial charge in [0.25, 0.3) is 5.91 Å². The summed E-state index contributed by atoms with van der Waals surface area (Å²) in [4.78, 5) is 20.6. The molecule has 3 aromatic rings. The van der Waals surface area contributed by atoms with Crippen LogP contribution in [0.15, 0.2) is 49.2 Å². The predicted molar refractivity (Wildman–Crippen MR) is 97.0 cm³/mol. The molecule has 6 nitrogen and oxygen atoms in total. The van der Waals surface area contributed by atoms with Crippen molar-refractivity contribution < 1.29 is 4.79 Å². The Labute approximate surface area is 146 Å². The number of anilines is 1. The number of carbonyl (C=O) groups excluding carboxylic acids is 1. The fraction of sp³-hybridized carbons (Fsp3) is 0.263. The summed E-state index contributed by atoms with van der Waals surface area (Å²) in [6.07, 6.45) is 6.31. The van der Waals surface area contributed by atoms with Crippen LogP contribution in [0, 0.1) is 6.92 Å². The second kappa shape index (κ2) is 6.47. The third kappa shape index (κ3) is 3.74. The van der Waals surface area contributed by atoms with E-state index < -0.39 is 0 Å². The summed E-state index contributed by atoms with van der Waals surface area (Å²) in [5, 5.41) is 7.50. The fourth-order valence-electron chi connectivity index (χ4n) is 2.49. The van der Waals surface area contributed by atoms with Crippen molar-refractivity contribution in [3.05, 3.63) is 66.0 Å². The van der Waals surface area contributed by atoms with E-state index in [4.69, 9.17) is 0 Å². The zero-order valence-electron chi connectivity index (χ0n) is 14.8. The lowest BCUT2D eigenvalue weighted by Gasteiger charge is -2.17. The second-order valence-corrected chi connectivity index (χ2v) is 7.00. The van der Waals surface area contributed by atoms with Crippen LogP contribution in [0.4, 0.5) is 5.69 Å². The molecule has 0 unspecified atom stereocenters. The van der Waals surface area contributed by atoms with Gasteiger partial charge in [0.15, 0.2) is 0 Å². The molecule has 0 saturated carbocycles. The van der Waals surface area contributed by atoms with Crippen molar-refractivity contribution in [3.63, 3.8) is 0 Å². The molecule has 1 amide bonds. The Morgan fingerprint density at radius 2 is 1.72 bits per heavy atom. The monoisotopic (exact) mass is 335 g/mol. The Balaban J connectivity index is 1.99. The van der Waals surface area contributed by atoms with Crippen molar-refractivity contribution in [3.8, 4) is 5.69 Å². The van der Waals surface area contributed by atoms with Crippen LogP contribution >= 0.6 is 0 Å². The van der Waals surface area contributed by atoms with Gasteiger partial charge in [-0.2, -0.15) is 5.10 Å². The fourth-order valence-corrected chi connectivity index (χ4v) is 2.49. The van der Waals surface area contributed by atoms with Crippen LogP contribution in [-0.4, -0.2) is 25.7 Å². The van der Waals surface area contributed by atoms with Crippen LogP contribution in [-0.2, 0) is 5.41 Å². The third-order valence-corrected chi connectivity index (χ3v) is 3.79. The van der Waals surface area contributed by atoms with Crippen molar-refractivity contribution in [1.82, 2.24) is 19.7 Å². The van der Waals surface area contributed by atoms with Gasteiger partial charge in [-0.3, -0.25) is 4.79 Å². The standard InChI is InChI=1S/C19H21N5O/c1-13-5-7-15(8-6-13)24-11-16(17(23-24)19(2,3)4)18(25)22-14-9-20-12-21-10-14/h5-12H,1-4H3,(H,22,25). The molecule has 0 fully saturated rings. The maximum atomic E-state index is 12.8. The molecule has 0 bridgehead atoms. The normalized spacial score (nSPS) is 11.4. The van der Waals surface area contributed by atoms with Gasteiger partial charge in [0.05, 0.1) is 35.0 Å². The van der Waals surface area contributed by atoms with E-state index in [-0.39, 0.29) is 11.3 Å². The summed E-state index contributed by atoms with van der Waals surface area (Å²) < 4.78 is 1.75. The molecule has 0 saturated heterocycles. The largest absolute Gasteiger partial charge is 0.319 e. The van der Waals surface area contributed by atoms with Crippen LogP contribution < -0.4 is 5.32 Å². The summed E-state index contributed by atoms with van der Waals surface area (Å²) in [6, 6.07) is 8.02. The molecule has 0 aliphatic carbocycles. The van der Waals surface area contributed by atoms with Gasteiger partial charge < -0.3 is 5.32 Å². The van der Waals surface area contributed by atoms with Crippen molar-refractivity contribution in [1.29, 1.82) is 0 Å². The van der Waals surface area contributed by atoms with Crippen LogP contribution in [0.3, 0.4) is 0 Å². The van der Waals surface area contributed by atoms with E-state index in [1.54, 1.807) is 23.3 Å². The maximum absolute atomic E-state index is 12.8. The lowest BCUT2D eigenvalue weighted by Crippen LogP contribution is -2.20. The minimum atomic E-state index is -0.268. The zero-order chi connectivity index (χ0) is 18.0. The molecular formula is C19H21N5O. The van der Waals surface area contributed by atoms with Gasteiger partial charge in [0.2, 0.25) is 0 Å². The van der Waals surface area contributed by atoms with Crippen molar-refractivity contribution >= 4 is 11.6 Å². The van der Waals surface area contributed by atoms with Crippen LogP contribution in [0.25, 0.3) is 5.69 Å². The molecule has 25 heavy (non-hydrogen) atoms. The molecule has 0 aliphatic heterocycles. The molecule has 1 aromatic carbocycles. The molecule has 6 heteroatoms. The first-order chi connectivity index (χ1) is 11.8. The number of hydrogen-bond acceptors (Lipinski definition) is 4. The topological polar surface area (TPSA) is 72.7 Å². The van der Waals surface area contributed by atoms with Crippen molar-refractivity contribution in [2.24, 2.45) is 0 Å². The summed E-state index contributed by atoms with van der Waals surface area (Å²) in [5.74, 6) is -0.224. The summed E-state index contributed by atoms with van der Waals surface area (Å²) in [7, 11) is 0. The first kappa shape index (κ1) is 16.8. The Hall–Kier alpha value is -3.02. The number of aryl methyl sites for hydroxylation is 1. The lowest BCUT2D eigenvalue weighted by molar-refractivity contribution is 0.102. The molecule has 2 heterocycles. The number of benzene rings is 1. The van der Waals surface area contributed by atoms with Crippen LogP contribution in [0.2, 0.25) is 0 Å².